The number of carbonyl (C=O) groups excluding carboxylic acids is 3. The Morgan fingerprint density at radius 3 is 2.44 bits per heavy atom. The Balaban J connectivity index is 1.20. The lowest BCUT2D eigenvalue weighted by Crippen LogP contribution is -2.33. The summed E-state index contributed by atoms with van der Waals surface area (Å²) in [5.74, 6) is -0.488. The Kier molecular flexibility index (Phi) is 8.53. The van der Waals surface area contributed by atoms with E-state index in [0.29, 0.717) is 28.9 Å². The molecule has 3 aromatic carbocycles. The molecule has 9 heteroatoms. The molecule has 45 heavy (non-hydrogen) atoms. The van der Waals surface area contributed by atoms with Crippen LogP contribution in [0.1, 0.15) is 61.6 Å². The minimum Gasteiger partial charge on any atom is -0.358 e. The molecule has 0 bridgehead atoms. The van der Waals surface area contributed by atoms with E-state index in [9.17, 15) is 14.4 Å². The number of H-pyrrole nitrogens is 1. The van der Waals surface area contributed by atoms with Crippen molar-refractivity contribution in [1.82, 2.24) is 15.2 Å². The van der Waals surface area contributed by atoms with Gasteiger partial charge in [-0.3, -0.25) is 14.4 Å². The van der Waals surface area contributed by atoms with Crippen molar-refractivity contribution < 1.29 is 14.4 Å². The standard InChI is InChI=1S/C36H38N6O3/c1-22-11-12-27(40-34(43)25-9-5-4-6-10-25)20-31(22)39-26-13-14-30-28(19-26)29(35(44)41-30)21-32-23(2)33(24(3)38-32)36(45)37-15-18-42-16-7-8-17-42/h4-6,9-14,19-21,38-39H,7-8,15-18H2,1-3H3,(H,37,45)(H,40,43)(H,41,44). The van der Waals surface area contributed by atoms with Crippen LogP contribution in [-0.4, -0.2) is 53.8 Å². The molecule has 3 amide bonds. The highest BCUT2D eigenvalue weighted by Gasteiger charge is 2.26. The predicted molar refractivity (Wildman–Crippen MR) is 180 cm³/mol. The Hall–Kier alpha value is -5.15. The van der Waals surface area contributed by atoms with Gasteiger partial charge in [-0.2, -0.15) is 0 Å². The Labute approximate surface area is 263 Å². The van der Waals surface area contributed by atoms with Gasteiger partial charge in [-0.25, -0.2) is 0 Å². The first-order valence-electron chi connectivity index (χ1n) is 15.4. The Morgan fingerprint density at radius 2 is 1.67 bits per heavy atom. The van der Waals surface area contributed by atoms with Gasteiger partial charge in [0.2, 0.25) is 0 Å². The fraction of sp³-hybridized carbons (Fsp3) is 0.250. The molecule has 2 aliphatic heterocycles. The van der Waals surface area contributed by atoms with E-state index in [1.165, 1.54) is 12.8 Å². The number of hydrogen-bond donors (Lipinski definition) is 5. The average Bonchev–Trinajstić information content (AvgIpc) is 3.73. The van der Waals surface area contributed by atoms with Gasteiger partial charge in [0, 0.05) is 58.4 Å². The van der Waals surface area contributed by atoms with Crippen LogP contribution in [0.2, 0.25) is 0 Å². The maximum atomic E-state index is 13.1. The molecular formula is C36H38N6O3. The molecule has 0 spiro atoms. The van der Waals surface area contributed by atoms with Crippen LogP contribution in [-0.2, 0) is 4.79 Å². The van der Waals surface area contributed by atoms with Gasteiger partial charge in [-0.05, 0) is 106 Å². The topological polar surface area (TPSA) is 118 Å². The number of aromatic amines is 1. The molecule has 0 aliphatic carbocycles. The van der Waals surface area contributed by atoms with Crippen molar-refractivity contribution in [2.75, 3.05) is 42.1 Å². The van der Waals surface area contributed by atoms with Gasteiger partial charge >= 0.3 is 0 Å². The summed E-state index contributed by atoms with van der Waals surface area (Å²) in [4.78, 5) is 44.6. The number of fused-ring (bicyclic) bond motifs is 1. The second-order valence-corrected chi connectivity index (χ2v) is 11.7. The first-order chi connectivity index (χ1) is 21.8. The molecule has 2 aliphatic rings. The highest BCUT2D eigenvalue weighted by molar-refractivity contribution is 6.35. The molecular weight excluding hydrogens is 564 g/mol. The van der Waals surface area contributed by atoms with E-state index in [2.05, 4.69) is 31.2 Å². The number of likely N-dealkylation sites (tertiary alicyclic amines) is 1. The van der Waals surface area contributed by atoms with Crippen LogP contribution in [0.25, 0.3) is 11.6 Å². The van der Waals surface area contributed by atoms with Crippen molar-refractivity contribution in [1.29, 1.82) is 0 Å². The van der Waals surface area contributed by atoms with Crippen molar-refractivity contribution >= 4 is 52.1 Å². The predicted octanol–water partition coefficient (Wildman–Crippen LogP) is 6.25. The first kappa shape index (κ1) is 29.9. The molecule has 0 saturated carbocycles. The smallest absolute Gasteiger partial charge is 0.256 e. The average molecular weight is 603 g/mol. The van der Waals surface area contributed by atoms with Crippen LogP contribution in [0.5, 0.6) is 0 Å². The zero-order chi connectivity index (χ0) is 31.5. The van der Waals surface area contributed by atoms with E-state index in [1.807, 2.05) is 81.4 Å². The number of benzene rings is 3. The molecule has 9 nitrogen and oxygen atoms in total. The molecule has 5 N–H and O–H groups in total. The lowest BCUT2D eigenvalue weighted by Gasteiger charge is -2.14. The molecule has 3 heterocycles. The van der Waals surface area contributed by atoms with Gasteiger partial charge in [0.1, 0.15) is 0 Å². The fourth-order valence-electron chi connectivity index (χ4n) is 6.02. The summed E-state index contributed by atoms with van der Waals surface area (Å²) in [5.41, 5.74) is 8.80. The number of aryl methyl sites for hydroxylation is 2. The van der Waals surface area contributed by atoms with Crippen molar-refractivity contribution in [3.8, 4) is 0 Å². The molecule has 230 valence electrons. The van der Waals surface area contributed by atoms with Crippen LogP contribution >= 0.6 is 0 Å². The molecule has 1 saturated heterocycles. The van der Waals surface area contributed by atoms with Gasteiger partial charge < -0.3 is 31.2 Å². The molecule has 0 radical (unpaired) electrons. The number of nitrogens with zero attached hydrogens (tertiary/aromatic N) is 1. The van der Waals surface area contributed by atoms with Gasteiger partial charge in [0.05, 0.1) is 11.1 Å². The summed E-state index contributed by atoms with van der Waals surface area (Å²) in [6.07, 6.45) is 4.26. The Bertz CT molecular complexity index is 1800. The second-order valence-electron chi connectivity index (χ2n) is 11.7. The zero-order valence-corrected chi connectivity index (χ0v) is 25.8. The number of anilines is 4. The molecule has 1 fully saturated rings. The molecule has 4 aromatic rings. The largest absolute Gasteiger partial charge is 0.358 e. The molecule has 1 aromatic heterocycles. The highest BCUT2D eigenvalue weighted by atomic mass is 16.2. The van der Waals surface area contributed by atoms with E-state index in [-0.39, 0.29) is 17.7 Å². The highest BCUT2D eigenvalue weighted by Crippen LogP contribution is 2.37. The van der Waals surface area contributed by atoms with Crippen LogP contribution in [0.3, 0.4) is 0 Å². The summed E-state index contributed by atoms with van der Waals surface area (Å²) in [6, 6.07) is 20.5. The minimum absolute atomic E-state index is 0.106. The summed E-state index contributed by atoms with van der Waals surface area (Å²) in [7, 11) is 0. The monoisotopic (exact) mass is 602 g/mol. The quantitative estimate of drug-likeness (QED) is 0.145. The molecule has 0 unspecified atom stereocenters. The lowest BCUT2D eigenvalue weighted by atomic mass is 10.0. The normalized spacial score (nSPS) is 15.2. The third kappa shape index (κ3) is 6.53. The summed E-state index contributed by atoms with van der Waals surface area (Å²) >= 11 is 0. The second kappa shape index (κ2) is 12.8. The van der Waals surface area contributed by atoms with Crippen LogP contribution in [0.15, 0.2) is 66.7 Å². The van der Waals surface area contributed by atoms with Crippen molar-refractivity contribution in [2.45, 2.75) is 33.6 Å². The van der Waals surface area contributed by atoms with E-state index in [4.69, 9.17) is 0 Å². The van der Waals surface area contributed by atoms with Crippen LogP contribution in [0.4, 0.5) is 22.7 Å². The summed E-state index contributed by atoms with van der Waals surface area (Å²) in [5, 5.41) is 12.4. The maximum Gasteiger partial charge on any atom is 0.256 e. The van der Waals surface area contributed by atoms with E-state index in [1.54, 1.807) is 12.1 Å². The molecule has 6 rings (SSSR count). The number of nitrogens with one attached hydrogen (secondary N) is 5. The van der Waals surface area contributed by atoms with E-state index in [0.717, 1.165) is 64.8 Å². The fourth-order valence-corrected chi connectivity index (χ4v) is 6.02. The van der Waals surface area contributed by atoms with Crippen LogP contribution in [0, 0.1) is 20.8 Å². The maximum absolute atomic E-state index is 13.1. The zero-order valence-electron chi connectivity index (χ0n) is 25.8. The lowest BCUT2D eigenvalue weighted by molar-refractivity contribution is -0.110. The van der Waals surface area contributed by atoms with Gasteiger partial charge in [-0.15, -0.1) is 0 Å². The van der Waals surface area contributed by atoms with Crippen LogP contribution < -0.4 is 21.3 Å². The molecule has 0 atom stereocenters. The number of rotatable bonds is 9. The summed E-state index contributed by atoms with van der Waals surface area (Å²) < 4.78 is 0. The number of aromatic nitrogens is 1. The SMILES string of the molecule is Cc1ccc(NC(=O)c2ccccc2)cc1Nc1ccc2c(c1)C(=Cc1[nH]c(C)c(C(=O)NCCN3CCCC3)c1C)C(=O)N2. The van der Waals surface area contributed by atoms with Crippen molar-refractivity contribution in [3.63, 3.8) is 0 Å². The Morgan fingerprint density at radius 1 is 0.911 bits per heavy atom. The number of carbonyl (C=O) groups is 3. The number of amides is 3. The summed E-state index contributed by atoms with van der Waals surface area (Å²) in [6.45, 7) is 9.42. The van der Waals surface area contributed by atoms with Gasteiger partial charge in [-0.1, -0.05) is 24.3 Å². The minimum atomic E-state index is -0.202. The first-order valence-corrected chi connectivity index (χ1v) is 15.4. The number of hydrogen-bond acceptors (Lipinski definition) is 5. The van der Waals surface area contributed by atoms with Crippen molar-refractivity contribution in [2.24, 2.45) is 0 Å². The van der Waals surface area contributed by atoms with E-state index >= 15 is 0 Å². The van der Waals surface area contributed by atoms with Crippen molar-refractivity contribution in [3.05, 3.63) is 106 Å². The van der Waals surface area contributed by atoms with Gasteiger partial charge in [0.25, 0.3) is 17.7 Å². The third-order valence-electron chi connectivity index (χ3n) is 8.52. The third-order valence-corrected chi connectivity index (χ3v) is 8.52. The van der Waals surface area contributed by atoms with E-state index < -0.39 is 0 Å². The van der Waals surface area contributed by atoms with Gasteiger partial charge in [0.15, 0.2) is 0 Å².